The lowest BCUT2D eigenvalue weighted by atomic mass is 10.0. The van der Waals surface area contributed by atoms with Gasteiger partial charge in [-0.25, -0.2) is 9.50 Å². The molecule has 5 heterocycles. The molecule has 178 valence electrons. The van der Waals surface area contributed by atoms with Crippen molar-refractivity contribution in [2.24, 2.45) is 22.6 Å². The van der Waals surface area contributed by atoms with E-state index in [1.54, 1.807) is 6.21 Å². The van der Waals surface area contributed by atoms with Gasteiger partial charge in [-0.15, -0.1) is 0 Å². The number of nitrogens with zero attached hydrogens (tertiary/aromatic N) is 6. The fraction of sp³-hybridized carbons (Fsp3) is 0.609. The molecule has 0 bridgehead atoms. The first-order valence-corrected chi connectivity index (χ1v) is 11.9. The molecule has 0 saturated carbocycles. The molecule has 2 aromatic heterocycles. The summed E-state index contributed by atoms with van der Waals surface area (Å²) in [4.78, 5) is 14.3. The first-order chi connectivity index (χ1) is 16.1. The van der Waals surface area contributed by atoms with Gasteiger partial charge in [-0.05, 0) is 37.9 Å². The third-order valence-electron chi connectivity index (χ3n) is 6.69. The maximum atomic E-state index is 5.85. The van der Waals surface area contributed by atoms with Gasteiger partial charge in [0, 0.05) is 57.8 Å². The number of nitrogens with one attached hydrogen (secondary N) is 2. The summed E-state index contributed by atoms with van der Waals surface area (Å²) >= 11 is 0. The van der Waals surface area contributed by atoms with Crippen LogP contribution in [-0.4, -0.2) is 91.4 Å². The number of allylic oxidation sites excluding steroid dienone is 1. The van der Waals surface area contributed by atoms with E-state index in [0.29, 0.717) is 13.2 Å². The molecule has 3 aliphatic rings. The van der Waals surface area contributed by atoms with Crippen LogP contribution in [0.5, 0.6) is 0 Å². The highest BCUT2D eigenvalue weighted by molar-refractivity contribution is 6.09. The van der Waals surface area contributed by atoms with Gasteiger partial charge in [0.1, 0.15) is 5.52 Å². The summed E-state index contributed by atoms with van der Waals surface area (Å²) < 4.78 is 7.56. The van der Waals surface area contributed by atoms with Crippen molar-refractivity contribution < 1.29 is 4.74 Å². The molecule has 3 saturated heterocycles. The Morgan fingerprint density at radius 1 is 1.33 bits per heavy atom. The number of hydrogen-bond acceptors (Lipinski definition) is 9. The van der Waals surface area contributed by atoms with Crippen LogP contribution in [0.25, 0.3) is 11.1 Å². The Balaban J connectivity index is 1.49. The van der Waals surface area contributed by atoms with E-state index in [2.05, 4.69) is 31.5 Å². The Labute approximate surface area is 194 Å². The zero-order chi connectivity index (χ0) is 22.8. The minimum Gasteiger partial charge on any atom is -0.393 e. The van der Waals surface area contributed by atoms with Crippen LogP contribution in [0.15, 0.2) is 23.5 Å². The second kappa shape index (κ2) is 9.76. The fourth-order valence-corrected chi connectivity index (χ4v) is 5.09. The van der Waals surface area contributed by atoms with Gasteiger partial charge < -0.3 is 26.0 Å². The predicted octanol–water partition coefficient (Wildman–Crippen LogP) is 0.153. The van der Waals surface area contributed by atoms with E-state index in [4.69, 9.17) is 20.6 Å². The first kappa shape index (κ1) is 22.3. The molecule has 5 rings (SSSR count). The van der Waals surface area contributed by atoms with Crippen LogP contribution in [0.3, 0.4) is 0 Å². The molecule has 0 radical (unpaired) electrons. The number of rotatable bonds is 7. The molecule has 4 N–H and O–H groups in total. The Hall–Kier alpha value is -2.53. The van der Waals surface area contributed by atoms with Gasteiger partial charge in [0.2, 0.25) is 0 Å². The number of fused-ring (bicyclic) bond motifs is 2. The number of morpholine rings is 1. The molecule has 3 atom stereocenters. The van der Waals surface area contributed by atoms with E-state index >= 15 is 0 Å². The van der Waals surface area contributed by atoms with Crippen LogP contribution >= 0.6 is 0 Å². The minimum atomic E-state index is -0.279. The van der Waals surface area contributed by atoms with Crippen LogP contribution in [0.2, 0.25) is 0 Å². The summed E-state index contributed by atoms with van der Waals surface area (Å²) in [5, 5.41) is 11.6. The molecule has 0 aliphatic carbocycles. The molecule has 2 aromatic rings. The lowest BCUT2D eigenvalue weighted by molar-refractivity contribution is 0.122. The Bertz CT molecular complexity index is 1010. The predicted molar refractivity (Wildman–Crippen MR) is 130 cm³/mol. The molecule has 0 spiro atoms. The molecule has 33 heavy (non-hydrogen) atoms. The smallest absolute Gasteiger partial charge is 0.155 e. The largest absolute Gasteiger partial charge is 0.393 e. The molecule has 10 nitrogen and oxygen atoms in total. The number of aliphatic imine (C=N–C) groups is 1. The average molecular weight is 454 g/mol. The Morgan fingerprint density at radius 2 is 2.09 bits per heavy atom. The van der Waals surface area contributed by atoms with Crippen molar-refractivity contribution in [1.82, 2.24) is 30.1 Å². The van der Waals surface area contributed by atoms with Gasteiger partial charge >= 0.3 is 0 Å². The van der Waals surface area contributed by atoms with Crippen LogP contribution in [0, 0.1) is 11.8 Å². The lowest BCUT2D eigenvalue weighted by Crippen LogP contribution is -2.37. The highest BCUT2D eigenvalue weighted by atomic mass is 16.5. The summed E-state index contributed by atoms with van der Waals surface area (Å²) in [5.74, 6) is 2.49. The minimum absolute atomic E-state index is 0.279. The highest BCUT2D eigenvalue weighted by Crippen LogP contribution is 2.29. The van der Waals surface area contributed by atoms with Gasteiger partial charge in [-0.1, -0.05) is 0 Å². The molecule has 3 fully saturated rings. The lowest BCUT2D eigenvalue weighted by Gasteiger charge is -2.28. The second-order valence-corrected chi connectivity index (χ2v) is 9.29. The van der Waals surface area contributed by atoms with Crippen molar-refractivity contribution in [3.8, 4) is 0 Å². The summed E-state index contributed by atoms with van der Waals surface area (Å²) in [6.07, 6.45) is 5.38. The van der Waals surface area contributed by atoms with Gasteiger partial charge in [0.05, 0.1) is 37.0 Å². The van der Waals surface area contributed by atoms with Crippen molar-refractivity contribution in [2.75, 3.05) is 64.4 Å². The number of nitrogens with two attached hydrogens (primary N) is 1. The van der Waals surface area contributed by atoms with E-state index in [1.165, 1.54) is 0 Å². The van der Waals surface area contributed by atoms with Crippen molar-refractivity contribution in [1.29, 1.82) is 0 Å². The molecule has 1 unspecified atom stereocenters. The average Bonchev–Trinajstić information content (AvgIpc) is 3.51. The normalized spacial score (nSPS) is 25.3. The summed E-state index contributed by atoms with van der Waals surface area (Å²) in [7, 11) is 1.87. The number of ether oxygens (including phenoxy) is 1. The van der Waals surface area contributed by atoms with Crippen molar-refractivity contribution in [2.45, 2.75) is 19.6 Å². The van der Waals surface area contributed by atoms with Crippen LogP contribution in [0.4, 0.5) is 5.82 Å². The molecule has 3 aliphatic heterocycles. The quantitative estimate of drug-likeness (QED) is 0.509. The zero-order valence-electron chi connectivity index (χ0n) is 19.6. The summed E-state index contributed by atoms with van der Waals surface area (Å²) in [6.45, 7) is 10.3. The third-order valence-corrected chi connectivity index (χ3v) is 6.69. The Morgan fingerprint density at radius 3 is 2.79 bits per heavy atom. The zero-order valence-corrected chi connectivity index (χ0v) is 19.6. The number of likely N-dealkylation sites (tertiary alicyclic amines) is 1. The van der Waals surface area contributed by atoms with Crippen LogP contribution in [-0.2, 0) is 11.3 Å². The standard InChI is InChI=1S/C23H35N9O/c1-16(24)27-11-17(8-25-2)21-15-32-22(23(28-21)31-3-5-33-6-4-31)7-20(29-32)14-30-12-18-9-26-10-19(18)13-30/h7-8,11,15-16,18-19,25-26H,3-6,9-10,12-14,24H2,1-2H3/b17-8+,27-11-/t16?,18-,19+. The molecule has 0 aromatic carbocycles. The van der Waals surface area contributed by atoms with E-state index in [1.807, 2.05) is 30.9 Å². The first-order valence-electron chi connectivity index (χ1n) is 11.9. The maximum Gasteiger partial charge on any atom is 0.155 e. The summed E-state index contributed by atoms with van der Waals surface area (Å²) in [6, 6.07) is 2.20. The van der Waals surface area contributed by atoms with Gasteiger partial charge in [0.25, 0.3) is 0 Å². The molecule has 0 amide bonds. The SMILES string of the molecule is CN/C=C(\C=N/C(C)N)c1cn2nc(CN3C[C@H]4CNC[C@H]4C3)cc2c(N2CCOCC2)n1. The van der Waals surface area contributed by atoms with E-state index < -0.39 is 0 Å². The van der Waals surface area contributed by atoms with E-state index in [9.17, 15) is 0 Å². The second-order valence-electron chi connectivity index (χ2n) is 9.29. The molecule has 10 heteroatoms. The topological polar surface area (TPSA) is 108 Å². The number of aromatic nitrogens is 3. The maximum absolute atomic E-state index is 5.85. The van der Waals surface area contributed by atoms with Crippen molar-refractivity contribution in [3.63, 3.8) is 0 Å². The van der Waals surface area contributed by atoms with E-state index in [-0.39, 0.29) is 6.17 Å². The summed E-state index contributed by atoms with van der Waals surface area (Å²) in [5.41, 5.74) is 9.64. The van der Waals surface area contributed by atoms with E-state index in [0.717, 1.165) is 85.9 Å². The monoisotopic (exact) mass is 453 g/mol. The fourth-order valence-electron chi connectivity index (χ4n) is 5.09. The van der Waals surface area contributed by atoms with Crippen LogP contribution in [0.1, 0.15) is 18.3 Å². The molecular weight excluding hydrogens is 418 g/mol. The highest BCUT2D eigenvalue weighted by Gasteiger charge is 2.36. The number of anilines is 1. The van der Waals surface area contributed by atoms with Gasteiger partial charge in [0.15, 0.2) is 5.82 Å². The number of hydrogen-bond donors (Lipinski definition) is 3. The van der Waals surface area contributed by atoms with Crippen molar-refractivity contribution >= 4 is 23.1 Å². The van der Waals surface area contributed by atoms with Crippen LogP contribution < -0.4 is 21.3 Å². The third kappa shape index (κ3) is 4.89. The van der Waals surface area contributed by atoms with Gasteiger partial charge in [-0.3, -0.25) is 9.89 Å². The van der Waals surface area contributed by atoms with Gasteiger partial charge in [-0.2, -0.15) is 5.10 Å². The molecular formula is C23H35N9O. The Kier molecular flexibility index (Phi) is 6.59. The van der Waals surface area contributed by atoms with Crippen molar-refractivity contribution in [3.05, 3.63) is 29.9 Å².